The average molecular weight is 280 g/mol. The normalized spacial score (nSPS) is 17.4. The van der Waals surface area contributed by atoms with Crippen LogP contribution in [0.3, 0.4) is 0 Å². The first-order valence-corrected chi connectivity index (χ1v) is 7.26. The molecule has 1 aliphatic rings. The highest BCUT2D eigenvalue weighted by atomic mass is 15.2. The third-order valence-electron chi connectivity index (χ3n) is 4.02. The number of anilines is 2. The number of aromatic nitrogens is 1. The van der Waals surface area contributed by atoms with Crippen LogP contribution in [0.25, 0.3) is 0 Å². The molecule has 0 spiro atoms. The fraction of sp³-hybridized carbons (Fsp3) is 0.294. The number of nitrogens with zero attached hydrogens (tertiary/aromatic N) is 2. The van der Waals surface area contributed by atoms with E-state index in [0.29, 0.717) is 6.04 Å². The van der Waals surface area contributed by atoms with E-state index in [2.05, 4.69) is 41.1 Å². The van der Waals surface area contributed by atoms with Crippen molar-refractivity contribution in [3.63, 3.8) is 0 Å². The molecular formula is C17H20N4. The molecule has 21 heavy (non-hydrogen) atoms. The van der Waals surface area contributed by atoms with Crippen molar-refractivity contribution >= 4 is 17.3 Å². The summed E-state index contributed by atoms with van der Waals surface area (Å²) in [7, 11) is 0. The van der Waals surface area contributed by atoms with Gasteiger partial charge in [0.1, 0.15) is 11.7 Å². The monoisotopic (exact) mass is 280 g/mol. The molecule has 1 atom stereocenters. The maximum Gasteiger partial charge on any atom is 0.134 e. The number of nitrogen functional groups attached to an aromatic ring is 1. The minimum Gasteiger partial charge on any atom is -0.384 e. The van der Waals surface area contributed by atoms with Crippen LogP contribution in [0.15, 0.2) is 36.4 Å². The first-order valence-electron chi connectivity index (χ1n) is 7.26. The second kappa shape index (κ2) is 5.20. The van der Waals surface area contributed by atoms with Crippen LogP contribution in [0, 0.1) is 12.3 Å². The molecule has 4 heteroatoms. The molecule has 4 nitrogen and oxygen atoms in total. The summed E-state index contributed by atoms with van der Waals surface area (Å²) >= 11 is 0. The third kappa shape index (κ3) is 2.49. The lowest BCUT2D eigenvalue weighted by molar-refractivity contribution is 0.613. The zero-order valence-corrected chi connectivity index (χ0v) is 12.4. The second-order valence-electron chi connectivity index (χ2n) is 5.66. The van der Waals surface area contributed by atoms with Gasteiger partial charge >= 0.3 is 0 Å². The van der Waals surface area contributed by atoms with Gasteiger partial charge in [0.25, 0.3) is 0 Å². The van der Waals surface area contributed by atoms with Gasteiger partial charge < -0.3 is 10.6 Å². The Hall–Kier alpha value is -2.36. The van der Waals surface area contributed by atoms with Crippen LogP contribution in [0.2, 0.25) is 0 Å². The fourth-order valence-corrected chi connectivity index (χ4v) is 2.97. The smallest absolute Gasteiger partial charge is 0.134 e. The van der Waals surface area contributed by atoms with E-state index in [0.717, 1.165) is 29.9 Å². The molecule has 108 valence electrons. The minimum atomic E-state index is 0.0831. The van der Waals surface area contributed by atoms with Gasteiger partial charge in [0.2, 0.25) is 0 Å². The summed E-state index contributed by atoms with van der Waals surface area (Å²) in [6.45, 7) is 4.16. The first-order chi connectivity index (χ1) is 10.1. The number of hydrogen-bond acceptors (Lipinski definition) is 3. The molecule has 0 saturated carbocycles. The summed E-state index contributed by atoms with van der Waals surface area (Å²) in [5.74, 6) is 0.958. The van der Waals surface area contributed by atoms with Crippen LogP contribution in [-0.2, 0) is 6.42 Å². The first kappa shape index (κ1) is 13.6. The van der Waals surface area contributed by atoms with Crippen molar-refractivity contribution in [1.82, 2.24) is 4.98 Å². The van der Waals surface area contributed by atoms with Gasteiger partial charge in [0.05, 0.1) is 0 Å². The lowest BCUT2D eigenvalue weighted by Crippen LogP contribution is -2.34. The fourth-order valence-electron chi connectivity index (χ4n) is 2.97. The number of nitrogens with two attached hydrogens (primary N) is 1. The lowest BCUT2D eigenvalue weighted by atomic mass is 9.96. The number of amidine groups is 1. The van der Waals surface area contributed by atoms with Gasteiger partial charge in [-0.25, -0.2) is 4.98 Å². The third-order valence-corrected chi connectivity index (χ3v) is 4.02. The predicted molar refractivity (Wildman–Crippen MR) is 86.4 cm³/mol. The maximum absolute atomic E-state index is 7.67. The van der Waals surface area contributed by atoms with Gasteiger partial charge in [-0.05, 0) is 50.5 Å². The highest BCUT2D eigenvalue weighted by Gasteiger charge is 2.25. The number of fused-ring (bicyclic) bond motifs is 1. The molecule has 0 fully saturated rings. The highest BCUT2D eigenvalue weighted by molar-refractivity contribution is 5.96. The number of rotatable bonds is 2. The van der Waals surface area contributed by atoms with E-state index >= 15 is 0 Å². The van der Waals surface area contributed by atoms with Crippen LogP contribution in [0.4, 0.5) is 11.5 Å². The van der Waals surface area contributed by atoms with Crippen LogP contribution >= 0.6 is 0 Å². The van der Waals surface area contributed by atoms with Crippen molar-refractivity contribution in [2.75, 3.05) is 4.90 Å². The molecule has 1 aromatic carbocycles. The van der Waals surface area contributed by atoms with Crippen molar-refractivity contribution in [2.24, 2.45) is 5.73 Å². The van der Waals surface area contributed by atoms with Gasteiger partial charge in [0.15, 0.2) is 0 Å². The summed E-state index contributed by atoms with van der Waals surface area (Å²) in [6.07, 6.45) is 2.20. The summed E-state index contributed by atoms with van der Waals surface area (Å²) < 4.78 is 0. The molecule has 0 aliphatic carbocycles. The Morgan fingerprint density at radius 1 is 1.33 bits per heavy atom. The van der Waals surface area contributed by atoms with Gasteiger partial charge in [-0.3, -0.25) is 5.41 Å². The molecular weight excluding hydrogens is 260 g/mol. The van der Waals surface area contributed by atoms with Crippen molar-refractivity contribution in [1.29, 1.82) is 5.41 Å². The number of aryl methyl sites for hydroxylation is 2. The molecule has 1 unspecified atom stereocenters. The van der Waals surface area contributed by atoms with Gasteiger partial charge in [0, 0.05) is 23.0 Å². The topological polar surface area (TPSA) is 66.0 Å². The Morgan fingerprint density at radius 2 is 2.10 bits per heavy atom. The number of nitrogens with one attached hydrogen (secondary N) is 1. The summed E-state index contributed by atoms with van der Waals surface area (Å²) in [4.78, 5) is 6.93. The molecule has 0 saturated heterocycles. The number of hydrogen-bond donors (Lipinski definition) is 2. The van der Waals surface area contributed by atoms with E-state index in [1.165, 1.54) is 11.3 Å². The van der Waals surface area contributed by atoms with Crippen LogP contribution < -0.4 is 10.6 Å². The minimum absolute atomic E-state index is 0.0831. The van der Waals surface area contributed by atoms with Gasteiger partial charge in [-0.2, -0.15) is 0 Å². The molecule has 2 heterocycles. The second-order valence-corrected chi connectivity index (χ2v) is 5.66. The Kier molecular flexibility index (Phi) is 3.37. The zero-order chi connectivity index (χ0) is 15.0. The Bertz CT molecular complexity index is 693. The molecule has 1 aromatic heterocycles. The lowest BCUT2D eigenvalue weighted by Gasteiger charge is -2.36. The van der Waals surface area contributed by atoms with E-state index in [9.17, 15) is 0 Å². The van der Waals surface area contributed by atoms with Gasteiger partial charge in [-0.15, -0.1) is 0 Å². The van der Waals surface area contributed by atoms with Crippen molar-refractivity contribution in [3.8, 4) is 0 Å². The molecule has 0 bridgehead atoms. The van der Waals surface area contributed by atoms with E-state index in [1.807, 2.05) is 19.1 Å². The number of para-hydroxylation sites is 1. The largest absolute Gasteiger partial charge is 0.384 e. The zero-order valence-electron chi connectivity index (χ0n) is 12.4. The number of pyridine rings is 1. The van der Waals surface area contributed by atoms with Crippen LogP contribution in [-0.4, -0.2) is 16.9 Å². The van der Waals surface area contributed by atoms with E-state index in [4.69, 9.17) is 11.1 Å². The average Bonchev–Trinajstić information content (AvgIpc) is 2.46. The Labute approximate surface area is 125 Å². The van der Waals surface area contributed by atoms with Crippen molar-refractivity contribution in [2.45, 2.75) is 32.7 Å². The van der Waals surface area contributed by atoms with Gasteiger partial charge in [-0.1, -0.05) is 18.2 Å². The maximum atomic E-state index is 7.67. The predicted octanol–water partition coefficient (Wildman–Crippen LogP) is 3.15. The molecule has 3 rings (SSSR count). The number of benzene rings is 1. The van der Waals surface area contributed by atoms with Crippen LogP contribution in [0.5, 0.6) is 0 Å². The van der Waals surface area contributed by atoms with E-state index < -0.39 is 0 Å². The summed E-state index contributed by atoms with van der Waals surface area (Å²) in [5.41, 5.74) is 9.82. The Morgan fingerprint density at radius 3 is 2.86 bits per heavy atom. The van der Waals surface area contributed by atoms with Crippen molar-refractivity contribution < 1.29 is 0 Å². The van der Waals surface area contributed by atoms with Crippen LogP contribution in [0.1, 0.15) is 30.2 Å². The highest BCUT2D eigenvalue weighted by Crippen LogP contribution is 2.36. The molecule has 3 N–H and O–H groups in total. The molecule has 0 amide bonds. The Balaban J connectivity index is 2.13. The SMILES string of the molecule is Cc1cc(C(=N)N)cc(N2c3ccccc3CCC2C)n1. The summed E-state index contributed by atoms with van der Waals surface area (Å²) in [5, 5.41) is 7.67. The van der Waals surface area contributed by atoms with E-state index in [1.54, 1.807) is 0 Å². The quantitative estimate of drug-likeness (QED) is 0.656. The molecule has 2 aromatic rings. The summed E-state index contributed by atoms with van der Waals surface area (Å²) in [6, 6.07) is 12.6. The standard InChI is InChI=1S/C17H20N4/c1-11-9-14(17(18)19)10-16(20-11)21-12(2)7-8-13-5-3-4-6-15(13)21/h3-6,9-10,12H,7-8H2,1-2H3,(H3,18,19). The molecule has 1 aliphatic heterocycles. The van der Waals surface area contributed by atoms with Crippen molar-refractivity contribution in [3.05, 3.63) is 53.2 Å². The molecule has 0 radical (unpaired) electrons. The van der Waals surface area contributed by atoms with E-state index in [-0.39, 0.29) is 5.84 Å².